The molecule has 0 heterocycles. The lowest BCUT2D eigenvalue weighted by Gasteiger charge is -2.60. The molecule has 0 saturated heterocycles. The molecule has 4 rings (SSSR count). The van der Waals surface area contributed by atoms with E-state index in [0.29, 0.717) is 30.1 Å². The monoisotopic (exact) mass is 394 g/mol. The van der Waals surface area contributed by atoms with E-state index in [0.717, 1.165) is 44.9 Å². The molecular weight excluding hydrogens is 356 g/mol. The van der Waals surface area contributed by atoms with Crippen LogP contribution in [0.3, 0.4) is 0 Å². The molecule has 4 aliphatic carbocycles. The van der Waals surface area contributed by atoms with Crippen molar-refractivity contribution < 1.29 is 25.2 Å². The Morgan fingerprint density at radius 2 is 1.79 bits per heavy atom. The Labute approximate surface area is 168 Å². The highest BCUT2D eigenvalue weighted by Crippen LogP contribution is 2.64. The molecule has 5 nitrogen and oxygen atoms in total. The van der Waals surface area contributed by atoms with Gasteiger partial charge in [-0.3, -0.25) is 4.79 Å². The highest BCUT2D eigenvalue weighted by atomic mass is 16.4. The van der Waals surface area contributed by atoms with Gasteiger partial charge in [-0.25, -0.2) is 0 Å². The highest BCUT2D eigenvalue weighted by molar-refractivity contribution is 5.66. The number of rotatable bonds is 4. The van der Waals surface area contributed by atoms with Gasteiger partial charge in [0.25, 0.3) is 0 Å². The second-order valence-electron chi connectivity index (χ2n) is 10.8. The van der Waals surface area contributed by atoms with E-state index < -0.39 is 5.97 Å². The van der Waals surface area contributed by atoms with Crippen LogP contribution in [0.5, 0.6) is 0 Å². The van der Waals surface area contributed by atoms with E-state index in [2.05, 4.69) is 13.8 Å². The fraction of sp³-hybridized carbons (Fsp3) is 0.957. The van der Waals surface area contributed by atoms with Crippen molar-refractivity contribution in [2.75, 3.05) is 0 Å². The van der Waals surface area contributed by atoms with Crippen LogP contribution in [-0.4, -0.2) is 44.7 Å². The molecule has 28 heavy (non-hydrogen) atoms. The zero-order chi connectivity index (χ0) is 20.2. The van der Waals surface area contributed by atoms with Crippen molar-refractivity contribution in [1.82, 2.24) is 0 Å². The van der Waals surface area contributed by atoms with Crippen molar-refractivity contribution in [3.05, 3.63) is 0 Å². The number of carboxylic acids is 1. The van der Waals surface area contributed by atoms with E-state index in [4.69, 9.17) is 5.11 Å². The molecule has 0 aliphatic heterocycles. The van der Waals surface area contributed by atoms with Crippen LogP contribution >= 0.6 is 0 Å². The molecule has 0 aromatic carbocycles. The first-order valence-corrected chi connectivity index (χ1v) is 11.5. The summed E-state index contributed by atoms with van der Waals surface area (Å²) in [6.45, 7) is 4.49. The number of aliphatic hydroxyl groups excluding tert-OH is 3. The van der Waals surface area contributed by atoms with Crippen LogP contribution in [0.4, 0.5) is 0 Å². The van der Waals surface area contributed by atoms with Gasteiger partial charge in [0.1, 0.15) is 0 Å². The van der Waals surface area contributed by atoms with Crippen molar-refractivity contribution in [1.29, 1.82) is 0 Å². The van der Waals surface area contributed by atoms with Crippen LogP contribution in [0.2, 0.25) is 0 Å². The molecule has 5 heteroatoms. The van der Waals surface area contributed by atoms with Crippen molar-refractivity contribution >= 4 is 5.97 Å². The minimum atomic E-state index is -0.763. The van der Waals surface area contributed by atoms with Crippen LogP contribution in [0, 0.1) is 46.8 Å². The number of aliphatic carboxylic acids is 1. The Morgan fingerprint density at radius 3 is 2.50 bits per heavy atom. The number of fused-ring (bicyclic) bond motifs is 5. The number of aliphatic hydroxyl groups is 3. The quantitative estimate of drug-likeness (QED) is 0.587. The van der Waals surface area contributed by atoms with Crippen LogP contribution < -0.4 is 0 Å². The zero-order valence-electron chi connectivity index (χ0n) is 17.3. The predicted molar refractivity (Wildman–Crippen MR) is 105 cm³/mol. The lowest BCUT2D eigenvalue weighted by Crippen LogP contribution is -2.56. The van der Waals surface area contributed by atoms with Gasteiger partial charge in [0.15, 0.2) is 0 Å². The van der Waals surface area contributed by atoms with Crippen LogP contribution in [-0.2, 0) is 4.79 Å². The normalized spacial score (nSPS) is 51.7. The van der Waals surface area contributed by atoms with Gasteiger partial charge in [0.05, 0.1) is 18.3 Å². The first-order valence-electron chi connectivity index (χ1n) is 11.5. The van der Waals surface area contributed by atoms with Crippen LogP contribution in [0.25, 0.3) is 0 Å². The number of carboxylic acid groups (broad SMARTS) is 1. The first kappa shape index (κ1) is 20.6. The minimum absolute atomic E-state index is 0.163. The van der Waals surface area contributed by atoms with E-state index in [9.17, 15) is 20.1 Å². The van der Waals surface area contributed by atoms with Gasteiger partial charge in [0, 0.05) is 6.42 Å². The van der Waals surface area contributed by atoms with E-state index in [1.165, 1.54) is 0 Å². The highest BCUT2D eigenvalue weighted by Gasteiger charge is 2.60. The third kappa shape index (κ3) is 3.31. The summed E-state index contributed by atoms with van der Waals surface area (Å²) in [4.78, 5) is 11.0. The molecule has 0 bridgehead atoms. The van der Waals surface area contributed by atoms with Gasteiger partial charge in [-0.1, -0.05) is 13.8 Å². The predicted octanol–water partition coefficient (Wildman–Crippen LogP) is 3.06. The fourth-order valence-electron chi connectivity index (χ4n) is 8.26. The van der Waals surface area contributed by atoms with Crippen LogP contribution in [0.1, 0.15) is 71.6 Å². The Morgan fingerprint density at radius 1 is 1.04 bits per heavy atom. The standard InChI is InChI=1S/C23H38O5/c1-12(3-6-20(27)28)21-15-4-5-17-22(16(15)11-19(21)26)18(25)10-13-9-14(24)7-8-23(13,17)2/h12-19,21-22,24-26H,3-11H2,1-2H3,(H,27,28). The molecule has 4 N–H and O–H groups in total. The molecular formula is C23H38O5. The third-order valence-corrected chi connectivity index (χ3v) is 9.57. The van der Waals surface area contributed by atoms with E-state index in [1.807, 2.05) is 0 Å². The average molecular weight is 395 g/mol. The average Bonchev–Trinajstić information content (AvgIpc) is 2.97. The molecule has 11 atom stereocenters. The SMILES string of the molecule is CC(CCC(=O)O)C1C(O)CC2C1CCC1C2C(O)CC2CC(O)CCC21C. The van der Waals surface area contributed by atoms with E-state index >= 15 is 0 Å². The molecule has 0 aromatic rings. The summed E-state index contributed by atoms with van der Waals surface area (Å²) in [5, 5.41) is 41.2. The maximum atomic E-state index is 11.1. The molecule has 0 spiro atoms. The number of carbonyl (C=O) groups is 1. The van der Waals surface area contributed by atoms with Crippen LogP contribution in [0.15, 0.2) is 0 Å². The summed E-state index contributed by atoms with van der Waals surface area (Å²) >= 11 is 0. The molecule has 4 aliphatic rings. The van der Waals surface area contributed by atoms with E-state index in [1.54, 1.807) is 0 Å². The van der Waals surface area contributed by atoms with Gasteiger partial charge in [0.2, 0.25) is 0 Å². The molecule has 11 unspecified atom stereocenters. The molecule has 0 aromatic heterocycles. The molecule has 160 valence electrons. The van der Waals surface area contributed by atoms with Gasteiger partial charge < -0.3 is 20.4 Å². The minimum Gasteiger partial charge on any atom is -0.481 e. The maximum Gasteiger partial charge on any atom is 0.303 e. The Bertz CT molecular complexity index is 594. The summed E-state index contributed by atoms with van der Waals surface area (Å²) in [6.07, 6.45) is 6.33. The van der Waals surface area contributed by atoms with Gasteiger partial charge in [-0.2, -0.15) is 0 Å². The Hall–Kier alpha value is -0.650. The Balaban J connectivity index is 1.54. The molecule has 0 amide bonds. The van der Waals surface area contributed by atoms with Crippen molar-refractivity contribution in [3.63, 3.8) is 0 Å². The number of hydrogen-bond acceptors (Lipinski definition) is 4. The first-order chi connectivity index (χ1) is 13.2. The molecule has 4 fully saturated rings. The largest absolute Gasteiger partial charge is 0.481 e. The van der Waals surface area contributed by atoms with Crippen molar-refractivity contribution in [3.8, 4) is 0 Å². The topological polar surface area (TPSA) is 98.0 Å². The lowest BCUT2D eigenvalue weighted by molar-refractivity contribution is -0.158. The Kier molecular flexibility index (Phi) is 5.56. The fourth-order valence-corrected chi connectivity index (χ4v) is 8.26. The number of hydrogen-bond donors (Lipinski definition) is 4. The summed E-state index contributed by atoms with van der Waals surface area (Å²) in [7, 11) is 0. The second kappa shape index (κ2) is 7.55. The second-order valence-corrected chi connectivity index (χ2v) is 10.8. The van der Waals surface area contributed by atoms with Crippen molar-refractivity contribution in [2.45, 2.75) is 89.9 Å². The van der Waals surface area contributed by atoms with E-state index in [-0.39, 0.29) is 47.9 Å². The smallest absolute Gasteiger partial charge is 0.303 e. The summed E-state index contributed by atoms with van der Waals surface area (Å²) in [6, 6.07) is 0. The summed E-state index contributed by atoms with van der Waals surface area (Å²) < 4.78 is 0. The van der Waals surface area contributed by atoms with Gasteiger partial charge >= 0.3 is 5.97 Å². The van der Waals surface area contributed by atoms with Gasteiger partial charge in [-0.05, 0) is 98.2 Å². The summed E-state index contributed by atoms with van der Waals surface area (Å²) in [5.41, 5.74) is 0.200. The van der Waals surface area contributed by atoms with Crippen molar-refractivity contribution in [2.24, 2.45) is 46.8 Å². The zero-order valence-corrected chi connectivity index (χ0v) is 17.3. The van der Waals surface area contributed by atoms with Gasteiger partial charge in [-0.15, -0.1) is 0 Å². The molecule has 4 saturated carbocycles. The third-order valence-electron chi connectivity index (χ3n) is 9.57. The summed E-state index contributed by atoms with van der Waals surface area (Å²) in [5.74, 6) is 1.50. The lowest BCUT2D eigenvalue weighted by atomic mass is 9.46. The maximum absolute atomic E-state index is 11.1. The molecule has 0 radical (unpaired) electrons.